The summed E-state index contributed by atoms with van der Waals surface area (Å²) in [5.41, 5.74) is 5.03. The van der Waals surface area contributed by atoms with Crippen LogP contribution in [-0.4, -0.2) is 66.3 Å². The highest BCUT2D eigenvalue weighted by atomic mass is 16.3. The number of hydrogen-bond acceptors (Lipinski definition) is 4. The van der Waals surface area contributed by atoms with Gasteiger partial charge in [-0.25, -0.2) is 0 Å². The standard InChI is InChI=1S/C12H27N3O/c1-12(2,16)4-8-14-6-3-7-15(9-5-13)11-10-14/h16H,3-11,13H2,1-2H3. The van der Waals surface area contributed by atoms with Crippen molar-refractivity contribution in [3.63, 3.8) is 0 Å². The molecule has 1 rings (SSSR count). The Bertz CT molecular complexity index is 191. The van der Waals surface area contributed by atoms with Gasteiger partial charge in [0, 0.05) is 32.7 Å². The predicted octanol–water partition coefficient (Wildman–Crippen LogP) is 0.114. The molecule has 1 saturated heterocycles. The second kappa shape index (κ2) is 6.55. The van der Waals surface area contributed by atoms with Crippen LogP contribution < -0.4 is 5.73 Å². The summed E-state index contributed by atoms with van der Waals surface area (Å²) < 4.78 is 0. The first-order chi connectivity index (χ1) is 7.51. The van der Waals surface area contributed by atoms with Crippen molar-refractivity contribution < 1.29 is 5.11 Å². The van der Waals surface area contributed by atoms with Gasteiger partial charge in [-0.1, -0.05) is 0 Å². The highest BCUT2D eigenvalue weighted by Gasteiger charge is 2.17. The lowest BCUT2D eigenvalue weighted by Crippen LogP contribution is -2.35. The van der Waals surface area contributed by atoms with Crippen molar-refractivity contribution in [2.24, 2.45) is 5.73 Å². The fourth-order valence-corrected chi connectivity index (χ4v) is 2.09. The number of rotatable bonds is 5. The zero-order valence-corrected chi connectivity index (χ0v) is 10.8. The third-order valence-electron chi connectivity index (χ3n) is 3.17. The molecule has 0 aromatic rings. The maximum Gasteiger partial charge on any atom is 0.0603 e. The van der Waals surface area contributed by atoms with Gasteiger partial charge >= 0.3 is 0 Å². The maximum atomic E-state index is 9.70. The van der Waals surface area contributed by atoms with Gasteiger partial charge in [-0.05, 0) is 39.8 Å². The minimum Gasteiger partial charge on any atom is -0.390 e. The lowest BCUT2D eigenvalue weighted by molar-refractivity contribution is 0.0581. The molecule has 1 heterocycles. The van der Waals surface area contributed by atoms with Gasteiger partial charge in [-0.3, -0.25) is 0 Å². The topological polar surface area (TPSA) is 52.7 Å². The molecule has 0 radical (unpaired) electrons. The van der Waals surface area contributed by atoms with Gasteiger partial charge < -0.3 is 20.6 Å². The van der Waals surface area contributed by atoms with E-state index in [1.807, 2.05) is 13.8 Å². The maximum absolute atomic E-state index is 9.70. The molecular formula is C12H27N3O. The van der Waals surface area contributed by atoms with E-state index in [1.165, 1.54) is 6.42 Å². The Kier molecular flexibility index (Phi) is 5.69. The van der Waals surface area contributed by atoms with Crippen LogP contribution in [0.2, 0.25) is 0 Å². The Morgan fingerprint density at radius 3 is 2.12 bits per heavy atom. The second-order valence-corrected chi connectivity index (χ2v) is 5.39. The lowest BCUT2D eigenvalue weighted by atomic mass is 10.1. The van der Waals surface area contributed by atoms with Crippen LogP contribution in [0.25, 0.3) is 0 Å². The van der Waals surface area contributed by atoms with E-state index in [0.717, 1.165) is 52.2 Å². The molecule has 16 heavy (non-hydrogen) atoms. The van der Waals surface area contributed by atoms with E-state index in [0.29, 0.717) is 0 Å². The van der Waals surface area contributed by atoms with Gasteiger partial charge in [0.2, 0.25) is 0 Å². The molecule has 0 atom stereocenters. The largest absolute Gasteiger partial charge is 0.390 e. The Morgan fingerprint density at radius 2 is 1.62 bits per heavy atom. The molecule has 0 amide bonds. The van der Waals surface area contributed by atoms with Crippen molar-refractivity contribution in [3.05, 3.63) is 0 Å². The molecule has 0 spiro atoms. The first-order valence-electron chi connectivity index (χ1n) is 6.38. The molecule has 1 aliphatic heterocycles. The number of hydrogen-bond donors (Lipinski definition) is 2. The molecule has 1 fully saturated rings. The van der Waals surface area contributed by atoms with Crippen LogP contribution in [0.5, 0.6) is 0 Å². The summed E-state index contributed by atoms with van der Waals surface area (Å²) in [6.45, 7) is 11.1. The Hall–Kier alpha value is -0.160. The Morgan fingerprint density at radius 1 is 1.06 bits per heavy atom. The fourth-order valence-electron chi connectivity index (χ4n) is 2.09. The van der Waals surface area contributed by atoms with Gasteiger partial charge in [-0.2, -0.15) is 0 Å². The fraction of sp³-hybridized carbons (Fsp3) is 1.00. The molecular weight excluding hydrogens is 202 g/mol. The third-order valence-corrected chi connectivity index (χ3v) is 3.17. The zero-order chi connectivity index (χ0) is 12.0. The van der Waals surface area contributed by atoms with Gasteiger partial charge in [0.05, 0.1) is 5.60 Å². The summed E-state index contributed by atoms with van der Waals surface area (Å²) in [4.78, 5) is 4.89. The normalized spacial score (nSPS) is 21.0. The number of aliphatic hydroxyl groups is 1. The van der Waals surface area contributed by atoms with Crippen molar-refractivity contribution in [1.82, 2.24) is 9.80 Å². The Labute approximate surface area is 99.4 Å². The molecule has 0 saturated carbocycles. The van der Waals surface area contributed by atoms with Crippen LogP contribution in [0.1, 0.15) is 26.7 Å². The SMILES string of the molecule is CC(C)(O)CCN1CCCN(CCN)CC1. The summed E-state index contributed by atoms with van der Waals surface area (Å²) in [5.74, 6) is 0. The monoisotopic (exact) mass is 229 g/mol. The van der Waals surface area contributed by atoms with Crippen LogP contribution in [0.3, 0.4) is 0 Å². The minimum absolute atomic E-state index is 0.538. The van der Waals surface area contributed by atoms with Crippen LogP contribution in [-0.2, 0) is 0 Å². The van der Waals surface area contributed by atoms with Crippen LogP contribution in [0, 0.1) is 0 Å². The summed E-state index contributed by atoms with van der Waals surface area (Å²) in [7, 11) is 0. The van der Waals surface area contributed by atoms with Gasteiger partial charge in [0.15, 0.2) is 0 Å². The van der Waals surface area contributed by atoms with Crippen LogP contribution in [0.15, 0.2) is 0 Å². The van der Waals surface area contributed by atoms with Crippen molar-refractivity contribution >= 4 is 0 Å². The van der Waals surface area contributed by atoms with Crippen LogP contribution in [0.4, 0.5) is 0 Å². The first kappa shape index (κ1) is 13.9. The smallest absolute Gasteiger partial charge is 0.0603 e. The molecule has 0 aliphatic carbocycles. The zero-order valence-electron chi connectivity index (χ0n) is 10.8. The highest BCUT2D eigenvalue weighted by Crippen LogP contribution is 2.10. The van der Waals surface area contributed by atoms with E-state index in [2.05, 4.69) is 9.80 Å². The second-order valence-electron chi connectivity index (χ2n) is 5.39. The third kappa shape index (κ3) is 5.80. The van der Waals surface area contributed by atoms with Crippen molar-refractivity contribution in [2.75, 3.05) is 45.8 Å². The lowest BCUT2D eigenvalue weighted by Gasteiger charge is -2.25. The van der Waals surface area contributed by atoms with Crippen molar-refractivity contribution in [3.8, 4) is 0 Å². The summed E-state index contributed by atoms with van der Waals surface area (Å²) >= 11 is 0. The molecule has 4 heteroatoms. The Balaban J connectivity index is 2.25. The van der Waals surface area contributed by atoms with Crippen molar-refractivity contribution in [2.45, 2.75) is 32.3 Å². The summed E-state index contributed by atoms with van der Waals surface area (Å²) in [6.07, 6.45) is 2.07. The molecule has 0 aromatic carbocycles. The van der Waals surface area contributed by atoms with E-state index >= 15 is 0 Å². The van der Waals surface area contributed by atoms with Crippen LogP contribution >= 0.6 is 0 Å². The molecule has 0 aromatic heterocycles. The van der Waals surface area contributed by atoms with Gasteiger partial charge in [0.1, 0.15) is 0 Å². The minimum atomic E-state index is -0.538. The molecule has 0 unspecified atom stereocenters. The van der Waals surface area contributed by atoms with Gasteiger partial charge in [-0.15, -0.1) is 0 Å². The van der Waals surface area contributed by atoms with Crippen molar-refractivity contribution in [1.29, 1.82) is 0 Å². The quantitative estimate of drug-likeness (QED) is 0.703. The molecule has 96 valence electrons. The highest BCUT2D eigenvalue weighted by molar-refractivity contribution is 4.73. The summed E-state index contributed by atoms with van der Waals surface area (Å²) in [6, 6.07) is 0. The number of nitrogens with zero attached hydrogens (tertiary/aromatic N) is 2. The van der Waals surface area contributed by atoms with E-state index < -0.39 is 5.60 Å². The van der Waals surface area contributed by atoms with E-state index in [-0.39, 0.29) is 0 Å². The molecule has 1 aliphatic rings. The van der Waals surface area contributed by atoms with E-state index in [4.69, 9.17) is 5.73 Å². The first-order valence-corrected chi connectivity index (χ1v) is 6.38. The van der Waals surface area contributed by atoms with E-state index in [1.54, 1.807) is 0 Å². The number of nitrogens with two attached hydrogens (primary N) is 1. The predicted molar refractivity (Wildman–Crippen MR) is 67.5 cm³/mol. The summed E-state index contributed by atoms with van der Waals surface area (Å²) in [5, 5.41) is 9.70. The molecule has 4 nitrogen and oxygen atoms in total. The molecule has 3 N–H and O–H groups in total. The average Bonchev–Trinajstić information content (AvgIpc) is 2.40. The van der Waals surface area contributed by atoms with Gasteiger partial charge in [0.25, 0.3) is 0 Å². The van der Waals surface area contributed by atoms with E-state index in [9.17, 15) is 5.11 Å². The average molecular weight is 229 g/mol. The molecule has 0 bridgehead atoms.